The van der Waals surface area contributed by atoms with Gasteiger partial charge in [-0.2, -0.15) is 0 Å². The molecule has 31 heavy (non-hydrogen) atoms. The second-order valence-corrected chi connectivity index (χ2v) is 13.4. The van der Waals surface area contributed by atoms with Gasteiger partial charge in [-0.15, -0.1) is 0 Å². The molecule has 4 saturated carbocycles. The molecule has 0 bridgehead atoms. The summed E-state index contributed by atoms with van der Waals surface area (Å²) in [6, 6.07) is 0. The first-order valence-corrected chi connectivity index (χ1v) is 13.5. The van der Waals surface area contributed by atoms with E-state index in [1.165, 1.54) is 44.9 Å². The van der Waals surface area contributed by atoms with Crippen LogP contribution >= 0.6 is 0 Å². The predicted molar refractivity (Wildman–Crippen MR) is 121 cm³/mol. The molecule has 1 spiro atoms. The van der Waals surface area contributed by atoms with Gasteiger partial charge in [-0.3, -0.25) is 5.32 Å². The number of hydrogen-bond acceptors (Lipinski definition) is 4. The first kappa shape index (κ1) is 21.4. The van der Waals surface area contributed by atoms with Crippen molar-refractivity contribution in [2.45, 2.75) is 110 Å². The fourth-order valence-corrected chi connectivity index (χ4v) is 10.5. The zero-order chi connectivity index (χ0) is 21.8. The van der Waals surface area contributed by atoms with Crippen molar-refractivity contribution < 1.29 is 14.9 Å². The Morgan fingerprint density at radius 1 is 0.871 bits per heavy atom. The highest BCUT2D eigenvalue weighted by atomic mass is 16.5. The monoisotopic (exact) mass is 431 g/mol. The number of hydrogen-bond donors (Lipinski definition) is 3. The van der Waals surface area contributed by atoms with Crippen LogP contribution in [0.1, 0.15) is 85.5 Å². The molecule has 2 aliphatic heterocycles. The van der Waals surface area contributed by atoms with E-state index in [4.69, 9.17) is 4.74 Å². The molecule has 4 heteroatoms. The number of fused-ring (bicyclic) bond motifs is 7. The van der Waals surface area contributed by atoms with Gasteiger partial charge in [-0.05, 0) is 104 Å². The molecule has 6 fully saturated rings. The molecule has 0 radical (unpaired) electrons. The Hall–Kier alpha value is -0.160. The van der Waals surface area contributed by atoms with Crippen molar-refractivity contribution in [2.75, 3.05) is 6.54 Å². The van der Waals surface area contributed by atoms with Crippen LogP contribution in [0.2, 0.25) is 0 Å². The van der Waals surface area contributed by atoms with Crippen molar-refractivity contribution in [2.24, 2.45) is 52.3 Å². The molecule has 0 aromatic rings. The molecule has 2 saturated heterocycles. The Morgan fingerprint density at radius 2 is 1.68 bits per heavy atom. The Morgan fingerprint density at radius 3 is 2.42 bits per heavy atom. The van der Waals surface area contributed by atoms with Gasteiger partial charge in [-0.1, -0.05) is 27.7 Å². The van der Waals surface area contributed by atoms with Gasteiger partial charge >= 0.3 is 0 Å². The van der Waals surface area contributed by atoms with Crippen molar-refractivity contribution in [3.05, 3.63) is 0 Å². The van der Waals surface area contributed by atoms with E-state index in [0.29, 0.717) is 35.2 Å². The minimum Gasteiger partial charge on any atom is -0.390 e. The molecular formula is C27H45NO3. The Bertz CT molecular complexity index is 719. The number of nitrogens with one attached hydrogen (secondary N) is 1. The SMILES string of the molecule is CC1CCC2(NC1)OC1CC3C4CCC5CC(O)C(O)CC5(C)C4CCC3(C)C1C2C. The topological polar surface area (TPSA) is 61.7 Å². The first-order chi connectivity index (χ1) is 14.7. The van der Waals surface area contributed by atoms with E-state index >= 15 is 0 Å². The molecule has 0 amide bonds. The number of aliphatic hydroxyl groups is 2. The van der Waals surface area contributed by atoms with Crippen LogP contribution in [0.5, 0.6) is 0 Å². The van der Waals surface area contributed by atoms with E-state index in [9.17, 15) is 10.2 Å². The maximum absolute atomic E-state index is 10.6. The second kappa shape index (κ2) is 6.93. The van der Waals surface area contributed by atoms with Crippen molar-refractivity contribution in [3.8, 4) is 0 Å². The maximum atomic E-state index is 10.6. The third-order valence-electron chi connectivity index (χ3n) is 12.2. The molecule has 0 aromatic carbocycles. The van der Waals surface area contributed by atoms with Crippen LogP contribution in [0.4, 0.5) is 0 Å². The van der Waals surface area contributed by atoms with E-state index in [2.05, 4.69) is 33.0 Å². The lowest BCUT2D eigenvalue weighted by molar-refractivity contribution is -0.164. The molecule has 6 rings (SSSR count). The summed E-state index contributed by atoms with van der Waals surface area (Å²) < 4.78 is 6.99. The third-order valence-corrected chi connectivity index (χ3v) is 12.2. The first-order valence-electron chi connectivity index (χ1n) is 13.5. The van der Waals surface area contributed by atoms with Crippen molar-refractivity contribution in [1.29, 1.82) is 0 Å². The summed E-state index contributed by atoms with van der Waals surface area (Å²) in [6.45, 7) is 11.0. The normalized spacial score (nSPS) is 63.3. The van der Waals surface area contributed by atoms with Gasteiger partial charge in [0.2, 0.25) is 0 Å². The Labute approximate surface area is 188 Å². The van der Waals surface area contributed by atoms with E-state index in [-0.39, 0.29) is 11.1 Å². The lowest BCUT2D eigenvalue weighted by atomic mass is 9.44. The minimum absolute atomic E-state index is 0.0695. The molecule has 13 unspecified atom stereocenters. The lowest BCUT2D eigenvalue weighted by Crippen LogP contribution is -2.58. The molecule has 2 heterocycles. The summed E-state index contributed by atoms with van der Waals surface area (Å²) in [5.74, 6) is 4.89. The fraction of sp³-hybridized carbons (Fsp3) is 1.00. The summed E-state index contributed by atoms with van der Waals surface area (Å²) in [5.41, 5.74) is 0.533. The Kier molecular flexibility index (Phi) is 4.78. The number of piperidine rings is 1. The van der Waals surface area contributed by atoms with E-state index < -0.39 is 12.2 Å². The highest BCUT2D eigenvalue weighted by Gasteiger charge is 2.68. The van der Waals surface area contributed by atoms with E-state index in [1.807, 2.05) is 0 Å². The van der Waals surface area contributed by atoms with Crippen LogP contribution in [0.15, 0.2) is 0 Å². The smallest absolute Gasteiger partial charge is 0.122 e. The number of ether oxygens (including phenoxy) is 1. The maximum Gasteiger partial charge on any atom is 0.122 e. The summed E-state index contributed by atoms with van der Waals surface area (Å²) in [7, 11) is 0. The highest BCUT2D eigenvalue weighted by molar-refractivity contribution is 5.16. The lowest BCUT2D eigenvalue weighted by Gasteiger charge is -2.61. The summed E-state index contributed by atoms with van der Waals surface area (Å²) >= 11 is 0. The summed E-state index contributed by atoms with van der Waals surface area (Å²) in [6.07, 6.45) is 9.89. The summed E-state index contributed by atoms with van der Waals surface area (Å²) in [5, 5.41) is 24.8. The second-order valence-electron chi connectivity index (χ2n) is 13.4. The van der Waals surface area contributed by atoms with Crippen LogP contribution in [0, 0.1) is 52.3 Å². The van der Waals surface area contributed by atoms with Crippen LogP contribution in [0.3, 0.4) is 0 Å². The molecule has 176 valence electrons. The van der Waals surface area contributed by atoms with Gasteiger partial charge in [0.25, 0.3) is 0 Å². The Balaban J connectivity index is 1.26. The van der Waals surface area contributed by atoms with Gasteiger partial charge < -0.3 is 14.9 Å². The van der Waals surface area contributed by atoms with E-state index in [1.54, 1.807) is 0 Å². The van der Waals surface area contributed by atoms with Crippen molar-refractivity contribution in [3.63, 3.8) is 0 Å². The largest absolute Gasteiger partial charge is 0.390 e. The zero-order valence-electron chi connectivity index (χ0n) is 20.1. The number of aliphatic hydroxyl groups excluding tert-OH is 2. The summed E-state index contributed by atoms with van der Waals surface area (Å²) in [4.78, 5) is 0. The minimum atomic E-state index is -0.528. The average molecular weight is 432 g/mol. The average Bonchev–Trinajstić information content (AvgIpc) is 3.16. The fourth-order valence-electron chi connectivity index (χ4n) is 10.5. The van der Waals surface area contributed by atoms with Gasteiger partial charge in [0.1, 0.15) is 5.72 Å². The molecule has 4 nitrogen and oxygen atoms in total. The molecule has 6 aliphatic rings. The van der Waals surface area contributed by atoms with Gasteiger partial charge in [0, 0.05) is 12.5 Å². The highest BCUT2D eigenvalue weighted by Crippen LogP contribution is 2.71. The zero-order valence-corrected chi connectivity index (χ0v) is 20.1. The van der Waals surface area contributed by atoms with Crippen molar-refractivity contribution >= 4 is 0 Å². The molecule has 13 atom stereocenters. The van der Waals surface area contributed by atoms with Crippen LogP contribution in [-0.2, 0) is 4.74 Å². The van der Waals surface area contributed by atoms with Crippen LogP contribution < -0.4 is 5.32 Å². The van der Waals surface area contributed by atoms with Crippen molar-refractivity contribution in [1.82, 2.24) is 5.32 Å². The number of rotatable bonds is 0. The van der Waals surface area contributed by atoms with Crippen LogP contribution in [0.25, 0.3) is 0 Å². The molecule has 0 aromatic heterocycles. The third kappa shape index (κ3) is 2.80. The standard InChI is InChI=1S/C27H45NO3/c1-15-7-10-27(28-14-15)16(2)24-23(31-27)12-20-18-6-5-17-11-21(29)22(30)13-26(17,4)19(18)8-9-25(20,24)3/h15-24,28-30H,5-14H2,1-4H3. The molecule has 4 aliphatic carbocycles. The quantitative estimate of drug-likeness (QED) is 0.534. The van der Waals surface area contributed by atoms with E-state index in [0.717, 1.165) is 37.1 Å². The van der Waals surface area contributed by atoms with Gasteiger partial charge in [-0.25, -0.2) is 0 Å². The molecule has 3 N–H and O–H groups in total. The predicted octanol–water partition coefficient (Wildman–Crippen LogP) is 4.34. The van der Waals surface area contributed by atoms with Crippen LogP contribution in [-0.4, -0.2) is 40.8 Å². The van der Waals surface area contributed by atoms with Gasteiger partial charge in [0.15, 0.2) is 0 Å². The van der Waals surface area contributed by atoms with Gasteiger partial charge in [0.05, 0.1) is 18.3 Å². The molecular weight excluding hydrogens is 386 g/mol.